The lowest BCUT2D eigenvalue weighted by Gasteiger charge is -2.22. The molecule has 1 aromatic rings. The van der Waals surface area contributed by atoms with Gasteiger partial charge in [-0.15, -0.1) is 0 Å². The Bertz CT molecular complexity index is 398. The number of nitrogen functional groups attached to an aromatic ring is 1. The van der Waals surface area contributed by atoms with Gasteiger partial charge in [-0.1, -0.05) is 0 Å². The molecule has 106 valence electrons. The van der Waals surface area contributed by atoms with Crippen LogP contribution in [0.4, 0.5) is 5.69 Å². The maximum atomic E-state index is 12.3. The first-order valence-corrected chi connectivity index (χ1v) is 6.17. The average Bonchev–Trinajstić information content (AvgIpc) is 2.42. The molecule has 0 aliphatic carbocycles. The van der Waals surface area contributed by atoms with Crippen molar-refractivity contribution in [2.45, 2.75) is 6.42 Å². The lowest BCUT2D eigenvalue weighted by Crippen LogP contribution is -2.35. The third-order valence-corrected chi connectivity index (χ3v) is 2.63. The van der Waals surface area contributed by atoms with Crippen molar-refractivity contribution in [3.8, 4) is 0 Å². The van der Waals surface area contributed by atoms with Crippen molar-refractivity contribution in [2.24, 2.45) is 0 Å². The third-order valence-electron chi connectivity index (χ3n) is 2.63. The molecular weight excluding hydrogens is 246 g/mol. The molecule has 0 fully saturated rings. The minimum atomic E-state index is -0.138. The summed E-state index contributed by atoms with van der Waals surface area (Å²) in [7, 11) is 3.25. The Morgan fingerprint density at radius 2 is 2.05 bits per heavy atom. The van der Waals surface area contributed by atoms with Crippen LogP contribution in [0, 0.1) is 0 Å². The van der Waals surface area contributed by atoms with Gasteiger partial charge in [0, 0.05) is 45.8 Å². The van der Waals surface area contributed by atoms with E-state index in [1.54, 1.807) is 31.3 Å². The number of pyridine rings is 1. The third kappa shape index (κ3) is 5.23. The molecule has 0 bridgehead atoms. The Kier molecular flexibility index (Phi) is 6.84. The molecule has 1 aromatic heterocycles. The summed E-state index contributed by atoms with van der Waals surface area (Å²) in [6.45, 7) is 2.23. The highest BCUT2D eigenvalue weighted by atomic mass is 16.5. The summed E-state index contributed by atoms with van der Waals surface area (Å²) in [5, 5.41) is 0. The molecule has 0 aliphatic rings. The standard InChI is InChI=1S/C13H21N3O3/c1-18-8-3-6-16(7-9-19-2)13(17)12-10-11(14)4-5-15-12/h4-5,10H,3,6-9H2,1-2H3,(H2,14,15). The highest BCUT2D eigenvalue weighted by Gasteiger charge is 2.16. The first kappa shape index (κ1) is 15.4. The fourth-order valence-electron chi connectivity index (χ4n) is 1.64. The smallest absolute Gasteiger partial charge is 0.272 e. The molecule has 1 heterocycles. The van der Waals surface area contributed by atoms with Gasteiger partial charge >= 0.3 is 0 Å². The number of ether oxygens (including phenoxy) is 2. The summed E-state index contributed by atoms with van der Waals surface area (Å²) >= 11 is 0. The maximum absolute atomic E-state index is 12.3. The van der Waals surface area contributed by atoms with E-state index in [-0.39, 0.29) is 5.91 Å². The zero-order valence-electron chi connectivity index (χ0n) is 11.5. The molecule has 6 heteroatoms. The summed E-state index contributed by atoms with van der Waals surface area (Å²) in [5.74, 6) is -0.138. The van der Waals surface area contributed by atoms with E-state index in [1.165, 1.54) is 6.20 Å². The molecule has 1 amide bonds. The summed E-state index contributed by atoms with van der Waals surface area (Å²) < 4.78 is 10.0. The average molecular weight is 267 g/mol. The van der Waals surface area contributed by atoms with E-state index in [4.69, 9.17) is 15.2 Å². The predicted molar refractivity (Wildman–Crippen MR) is 72.9 cm³/mol. The van der Waals surface area contributed by atoms with E-state index in [9.17, 15) is 4.79 Å². The SMILES string of the molecule is COCCCN(CCOC)C(=O)c1cc(N)ccn1. The number of hydrogen-bond acceptors (Lipinski definition) is 5. The van der Waals surface area contributed by atoms with Crippen LogP contribution in [0.5, 0.6) is 0 Å². The van der Waals surface area contributed by atoms with Crippen LogP contribution >= 0.6 is 0 Å². The van der Waals surface area contributed by atoms with Gasteiger partial charge in [0.2, 0.25) is 0 Å². The first-order chi connectivity index (χ1) is 9.19. The number of carbonyl (C=O) groups excluding carboxylic acids is 1. The lowest BCUT2D eigenvalue weighted by molar-refractivity contribution is 0.0668. The molecule has 1 rings (SSSR count). The van der Waals surface area contributed by atoms with Crippen molar-refractivity contribution in [3.63, 3.8) is 0 Å². The Hall–Kier alpha value is -1.66. The fraction of sp³-hybridized carbons (Fsp3) is 0.538. The summed E-state index contributed by atoms with van der Waals surface area (Å²) in [4.78, 5) is 18.1. The van der Waals surface area contributed by atoms with Crippen molar-refractivity contribution in [1.82, 2.24) is 9.88 Å². The monoisotopic (exact) mass is 267 g/mol. The number of aromatic nitrogens is 1. The second kappa shape index (κ2) is 8.44. The normalized spacial score (nSPS) is 10.4. The quantitative estimate of drug-likeness (QED) is 0.705. The Morgan fingerprint density at radius 3 is 2.68 bits per heavy atom. The van der Waals surface area contributed by atoms with Crippen LogP contribution in [0.25, 0.3) is 0 Å². The van der Waals surface area contributed by atoms with Crippen LogP contribution in [0.2, 0.25) is 0 Å². The molecular formula is C13H21N3O3. The lowest BCUT2D eigenvalue weighted by atomic mass is 10.2. The molecule has 0 atom stereocenters. The summed E-state index contributed by atoms with van der Waals surface area (Å²) in [5.41, 5.74) is 6.55. The van der Waals surface area contributed by atoms with Crippen molar-refractivity contribution in [1.29, 1.82) is 0 Å². The van der Waals surface area contributed by atoms with Gasteiger partial charge in [-0.3, -0.25) is 9.78 Å². The molecule has 2 N–H and O–H groups in total. The number of hydrogen-bond donors (Lipinski definition) is 1. The zero-order valence-corrected chi connectivity index (χ0v) is 11.5. The molecule has 0 aromatic carbocycles. The van der Waals surface area contributed by atoms with Gasteiger partial charge in [-0.25, -0.2) is 0 Å². The number of rotatable bonds is 8. The number of anilines is 1. The minimum Gasteiger partial charge on any atom is -0.399 e. The van der Waals surface area contributed by atoms with E-state index in [0.29, 0.717) is 37.7 Å². The van der Waals surface area contributed by atoms with Gasteiger partial charge in [-0.2, -0.15) is 0 Å². The van der Waals surface area contributed by atoms with Gasteiger partial charge < -0.3 is 20.1 Å². The Morgan fingerprint density at radius 1 is 1.32 bits per heavy atom. The van der Waals surface area contributed by atoms with Crippen molar-refractivity contribution in [2.75, 3.05) is 46.3 Å². The van der Waals surface area contributed by atoms with Crippen LogP contribution in [-0.2, 0) is 9.47 Å². The molecule has 0 saturated heterocycles. The fourth-order valence-corrected chi connectivity index (χ4v) is 1.64. The summed E-state index contributed by atoms with van der Waals surface area (Å²) in [6.07, 6.45) is 2.31. The van der Waals surface area contributed by atoms with Crippen LogP contribution in [0.1, 0.15) is 16.9 Å². The van der Waals surface area contributed by atoms with E-state index >= 15 is 0 Å². The zero-order chi connectivity index (χ0) is 14.1. The van der Waals surface area contributed by atoms with Gasteiger partial charge in [-0.05, 0) is 18.6 Å². The van der Waals surface area contributed by atoms with Crippen molar-refractivity contribution >= 4 is 11.6 Å². The van der Waals surface area contributed by atoms with Crippen LogP contribution in [0.3, 0.4) is 0 Å². The second-order valence-electron chi connectivity index (χ2n) is 4.11. The number of nitrogens with zero attached hydrogens (tertiary/aromatic N) is 2. The van der Waals surface area contributed by atoms with Gasteiger partial charge in [0.25, 0.3) is 5.91 Å². The highest BCUT2D eigenvalue weighted by molar-refractivity contribution is 5.93. The highest BCUT2D eigenvalue weighted by Crippen LogP contribution is 2.07. The van der Waals surface area contributed by atoms with E-state index in [0.717, 1.165) is 6.42 Å². The molecule has 0 spiro atoms. The van der Waals surface area contributed by atoms with E-state index in [2.05, 4.69) is 4.98 Å². The topological polar surface area (TPSA) is 77.7 Å². The largest absolute Gasteiger partial charge is 0.399 e. The summed E-state index contributed by atoms with van der Waals surface area (Å²) in [6, 6.07) is 3.24. The molecule has 0 unspecified atom stereocenters. The van der Waals surface area contributed by atoms with Crippen molar-refractivity contribution < 1.29 is 14.3 Å². The van der Waals surface area contributed by atoms with Crippen molar-refractivity contribution in [3.05, 3.63) is 24.0 Å². The Balaban J connectivity index is 2.69. The number of nitrogens with two attached hydrogens (primary N) is 1. The molecule has 0 aliphatic heterocycles. The van der Waals surface area contributed by atoms with Crippen LogP contribution < -0.4 is 5.73 Å². The number of carbonyl (C=O) groups is 1. The Labute approximate surface area is 113 Å². The maximum Gasteiger partial charge on any atom is 0.272 e. The molecule has 0 saturated carbocycles. The molecule has 19 heavy (non-hydrogen) atoms. The first-order valence-electron chi connectivity index (χ1n) is 6.17. The van der Waals surface area contributed by atoms with E-state index in [1.807, 2.05) is 0 Å². The van der Waals surface area contributed by atoms with Gasteiger partial charge in [0.05, 0.1) is 6.61 Å². The van der Waals surface area contributed by atoms with Gasteiger partial charge in [0.1, 0.15) is 5.69 Å². The number of amides is 1. The van der Waals surface area contributed by atoms with Crippen LogP contribution in [-0.4, -0.2) is 56.3 Å². The predicted octanol–water partition coefficient (Wildman–Crippen LogP) is 0.789. The van der Waals surface area contributed by atoms with Gasteiger partial charge in [0.15, 0.2) is 0 Å². The van der Waals surface area contributed by atoms with Crippen LogP contribution in [0.15, 0.2) is 18.3 Å². The molecule has 6 nitrogen and oxygen atoms in total. The van der Waals surface area contributed by atoms with E-state index < -0.39 is 0 Å². The second-order valence-corrected chi connectivity index (χ2v) is 4.11. The molecule has 0 radical (unpaired) electrons. The number of methoxy groups -OCH3 is 2. The minimum absolute atomic E-state index is 0.138.